The van der Waals surface area contributed by atoms with Gasteiger partial charge in [0.2, 0.25) is 5.91 Å². The number of hydrogen-bond acceptors (Lipinski definition) is 4. The molecule has 0 aliphatic carbocycles. The van der Waals surface area contributed by atoms with Crippen molar-refractivity contribution in [3.05, 3.63) is 29.6 Å². The number of anilines is 1. The molecule has 2 N–H and O–H groups in total. The van der Waals surface area contributed by atoms with Crippen LogP contribution in [0.1, 0.15) is 10.4 Å². The van der Waals surface area contributed by atoms with Gasteiger partial charge in [-0.15, -0.1) is 6.42 Å². The molecule has 5 nitrogen and oxygen atoms in total. The van der Waals surface area contributed by atoms with Crippen LogP contribution in [-0.2, 0) is 9.53 Å². The third-order valence-electron chi connectivity index (χ3n) is 2.17. The topological polar surface area (TPSA) is 67.4 Å². The zero-order chi connectivity index (χ0) is 14.3. The van der Waals surface area contributed by atoms with Crippen LogP contribution >= 0.6 is 0 Å². The number of hydrogen-bond donors (Lipinski definition) is 2. The van der Waals surface area contributed by atoms with Gasteiger partial charge in [0.05, 0.1) is 31.5 Å². The standard InChI is InChI=1S/C13H13FN2O3/c1-3-6-15-8-12(17)16-11-7-9(13(18)19-2)4-5-10(11)14/h1,4-5,7,15H,6,8H2,2H3,(H,16,17). The second kappa shape index (κ2) is 7.13. The first-order valence-corrected chi connectivity index (χ1v) is 5.40. The largest absolute Gasteiger partial charge is 0.465 e. The number of carbonyl (C=O) groups excluding carboxylic acids is 2. The molecule has 100 valence electrons. The highest BCUT2D eigenvalue weighted by Crippen LogP contribution is 2.16. The van der Waals surface area contributed by atoms with Crippen LogP contribution in [-0.4, -0.2) is 32.1 Å². The maximum Gasteiger partial charge on any atom is 0.337 e. The highest BCUT2D eigenvalue weighted by Gasteiger charge is 2.11. The van der Waals surface area contributed by atoms with E-state index in [1.165, 1.54) is 19.2 Å². The van der Waals surface area contributed by atoms with E-state index < -0.39 is 17.7 Å². The molecule has 0 radical (unpaired) electrons. The predicted octanol–water partition coefficient (Wildman–Crippen LogP) is 0.774. The molecular formula is C13H13FN2O3. The normalized spacial score (nSPS) is 9.53. The van der Waals surface area contributed by atoms with Crippen LogP contribution in [0.15, 0.2) is 18.2 Å². The average Bonchev–Trinajstić information content (AvgIpc) is 2.40. The zero-order valence-electron chi connectivity index (χ0n) is 10.3. The molecule has 1 aromatic rings. The Kier molecular flexibility index (Phi) is 5.51. The fraction of sp³-hybridized carbons (Fsp3) is 0.231. The molecule has 0 heterocycles. The Morgan fingerprint density at radius 2 is 2.21 bits per heavy atom. The van der Waals surface area contributed by atoms with E-state index in [-0.39, 0.29) is 24.3 Å². The Balaban J connectivity index is 2.74. The molecule has 19 heavy (non-hydrogen) atoms. The van der Waals surface area contributed by atoms with Crippen molar-refractivity contribution in [2.75, 3.05) is 25.5 Å². The second-order valence-corrected chi connectivity index (χ2v) is 3.54. The molecule has 0 spiro atoms. The minimum atomic E-state index is -0.641. The Bertz CT molecular complexity index is 523. The van der Waals surface area contributed by atoms with Crippen LogP contribution < -0.4 is 10.6 Å². The van der Waals surface area contributed by atoms with Crippen molar-refractivity contribution in [2.24, 2.45) is 0 Å². The first-order valence-electron chi connectivity index (χ1n) is 5.40. The van der Waals surface area contributed by atoms with E-state index in [1.54, 1.807) is 0 Å². The molecule has 0 aliphatic rings. The van der Waals surface area contributed by atoms with Gasteiger partial charge in [-0.25, -0.2) is 9.18 Å². The van der Waals surface area contributed by atoms with E-state index in [0.717, 1.165) is 6.07 Å². The number of halogens is 1. The maximum absolute atomic E-state index is 13.5. The quantitative estimate of drug-likeness (QED) is 0.468. The van der Waals surface area contributed by atoms with Crippen molar-refractivity contribution < 1.29 is 18.7 Å². The summed E-state index contributed by atoms with van der Waals surface area (Å²) in [6.45, 7) is 0.185. The zero-order valence-corrected chi connectivity index (χ0v) is 10.3. The molecule has 0 saturated carbocycles. The van der Waals surface area contributed by atoms with Crippen LogP contribution in [0, 0.1) is 18.2 Å². The highest BCUT2D eigenvalue weighted by atomic mass is 19.1. The monoisotopic (exact) mass is 264 g/mol. The van der Waals surface area contributed by atoms with Crippen molar-refractivity contribution in [1.82, 2.24) is 5.32 Å². The summed E-state index contributed by atoms with van der Waals surface area (Å²) < 4.78 is 18.0. The SMILES string of the molecule is C#CCNCC(=O)Nc1cc(C(=O)OC)ccc1F. The van der Waals surface area contributed by atoms with E-state index in [2.05, 4.69) is 21.3 Å². The van der Waals surface area contributed by atoms with Gasteiger partial charge in [0, 0.05) is 0 Å². The van der Waals surface area contributed by atoms with Gasteiger partial charge in [0.15, 0.2) is 0 Å². The van der Waals surface area contributed by atoms with Crippen LogP contribution in [0.3, 0.4) is 0 Å². The van der Waals surface area contributed by atoms with Crippen LogP contribution in [0.4, 0.5) is 10.1 Å². The number of ether oxygens (including phenoxy) is 1. The third kappa shape index (κ3) is 4.41. The lowest BCUT2D eigenvalue weighted by Gasteiger charge is -2.08. The van der Waals surface area contributed by atoms with E-state index in [0.29, 0.717) is 0 Å². The molecule has 0 aromatic heterocycles. The smallest absolute Gasteiger partial charge is 0.337 e. The summed E-state index contributed by atoms with van der Waals surface area (Å²) in [4.78, 5) is 22.7. The van der Waals surface area contributed by atoms with Crippen LogP contribution in [0.2, 0.25) is 0 Å². The summed E-state index contributed by atoms with van der Waals surface area (Å²) >= 11 is 0. The van der Waals surface area contributed by atoms with Gasteiger partial charge >= 0.3 is 5.97 Å². The number of carbonyl (C=O) groups is 2. The Hall–Kier alpha value is -2.39. The van der Waals surface area contributed by atoms with Gasteiger partial charge in [0.25, 0.3) is 0 Å². The number of esters is 1. The molecule has 1 amide bonds. The predicted molar refractivity (Wildman–Crippen MR) is 68.1 cm³/mol. The fourth-order valence-corrected chi connectivity index (χ4v) is 1.31. The third-order valence-corrected chi connectivity index (χ3v) is 2.17. The lowest BCUT2D eigenvalue weighted by atomic mass is 10.2. The van der Waals surface area contributed by atoms with Crippen LogP contribution in [0.5, 0.6) is 0 Å². The number of rotatable bonds is 5. The number of nitrogens with one attached hydrogen (secondary N) is 2. The maximum atomic E-state index is 13.5. The van der Waals surface area contributed by atoms with Crippen molar-refractivity contribution in [3.63, 3.8) is 0 Å². The average molecular weight is 264 g/mol. The van der Waals surface area contributed by atoms with E-state index in [4.69, 9.17) is 6.42 Å². The molecule has 6 heteroatoms. The lowest BCUT2D eigenvalue weighted by Crippen LogP contribution is -2.28. The Labute approximate surface area is 110 Å². The highest BCUT2D eigenvalue weighted by molar-refractivity contribution is 5.95. The summed E-state index contributed by atoms with van der Waals surface area (Å²) in [5.74, 6) is 0.591. The Morgan fingerprint density at radius 3 is 2.84 bits per heavy atom. The molecule has 0 atom stereocenters. The number of amides is 1. The van der Waals surface area contributed by atoms with E-state index in [1.807, 2.05) is 0 Å². The first kappa shape index (κ1) is 14.7. The van der Waals surface area contributed by atoms with Crippen molar-refractivity contribution >= 4 is 17.6 Å². The van der Waals surface area contributed by atoms with Gasteiger partial charge in [-0.05, 0) is 18.2 Å². The van der Waals surface area contributed by atoms with Crippen molar-refractivity contribution in [1.29, 1.82) is 0 Å². The van der Waals surface area contributed by atoms with Crippen molar-refractivity contribution in [2.45, 2.75) is 0 Å². The van der Waals surface area contributed by atoms with Gasteiger partial charge in [-0.2, -0.15) is 0 Å². The van der Waals surface area contributed by atoms with E-state index >= 15 is 0 Å². The summed E-state index contributed by atoms with van der Waals surface area (Å²) in [7, 11) is 1.22. The minimum Gasteiger partial charge on any atom is -0.465 e. The molecular weight excluding hydrogens is 251 g/mol. The molecule has 1 rings (SSSR count). The lowest BCUT2D eigenvalue weighted by molar-refractivity contribution is -0.115. The van der Waals surface area contributed by atoms with Crippen LogP contribution in [0.25, 0.3) is 0 Å². The molecule has 0 saturated heterocycles. The second-order valence-electron chi connectivity index (χ2n) is 3.54. The molecule has 0 fully saturated rings. The van der Waals surface area contributed by atoms with Gasteiger partial charge in [-0.3, -0.25) is 10.1 Å². The van der Waals surface area contributed by atoms with Gasteiger partial charge in [0.1, 0.15) is 5.82 Å². The fourth-order valence-electron chi connectivity index (χ4n) is 1.31. The molecule has 0 bridgehead atoms. The number of methoxy groups -OCH3 is 1. The molecule has 0 unspecified atom stereocenters. The number of terminal acetylenes is 1. The van der Waals surface area contributed by atoms with E-state index in [9.17, 15) is 14.0 Å². The summed E-state index contributed by atoms with van der Waals surface area (Å²) in [6, 6.07) is 3.56. The summed E-state index contributed by atoms with van der Waals surface area (Å²) in [6.07, 6.45) is 5.00. The summed E-state index contributed by atoms with van der Waals surface area (Å²) in [5, 5.41) is 5.00. The Morgan fingerprint density at radius 1 is 1.47 bits per heavy atom. The first-order chi connectivity index (χ1) is 9.08. The minimum absolute atomic E-state index is 0.0495. The number of benzene rings is 1. The van der Waals surface area contributed by atoms with Crippen molar-refractivity contribution in [3.8, 4) is 12.3 Å². The summed E-state index contributed by atoms with van der Waals surface area (Å²) in [5.41, 5.74) is 0.0613. The van der Waals surface area contributed by atoms with Gasteiger partial charge < -0.3 is 10.1 Å². The van der Waals surface area contributed by atoms with Gasteiger partial charge in [-0.1, -0.05) is 5.92 Å². The molecule has 1 aromatic carbocycles. The molecule has 0 aliphatic heterocycles.